The quantitative estimate of drug-likeness (QED) is 0.581. The summed E-state index contributed by atoms with van der Waals surface area (Å²) >= 11 is 0. The molecule has 0 aliphatic heterocycles. The van der Waals surface area contributed by atoms with Crippen LogP contribution < -0.4 is 10.1 Å². The number of benzene rings is 1. The van der Waals surface area contributed by atoms with Gasteiger partial charge in [-0.2, -0.15) is 0 Å². The Morgan fingerprint density at radius 3 is 2.43 bits per heavy atom. The van der Waals surface area contributed by atoms with Crippen molar-refractivity contribution in [1.82, 2.24) is 5.32 Å². The first kappa shape index (κ1) is 19.7. The summed E-state index contributed by atoms with van der Waals surface area (Å²) in [4.78, 5) is 12.2. The molecule has 1 aromatic carbocycles. The maximum absolute atomic E-state index is 12.2. The molecule has 1 aromatic rings. The fourth-order valence-corrected chi connectivity index (χ4v) is 2.46. The van der Waals surface area contributed by atoms with Gasteiger partial charge in [-0.05, 0) is 24.1 Å². The summed E-state index contributed by atoms with van der Waals surface area (Å²) in [6.07, 6.45) is 5.12. The SMILES string of the molecule is CCCCCC(C)C(=O)Cc1ccc(OCCNC(C)C)cc1. The predicted octanol–water partition coefficient (Wildman–Crippen LogP) is 4.39. The first-order chi connectivity index (χ1) is 11.0. The minimum Gasteiger partial charge on any atom is -0.492 e. The molecule has 3 nitrogen and oxygen atoms in total. The molecule has 0 bridgehead atoms. The van der Waals surface area contributed by atoms with E-state index in [0.29, 0.717) is 24.9 Å². The van der Waals surface area contributed by atoms with Crippen LogP contribution in [0.3, 0.4) is 0 Å². The molecule has 1 rings (SSSR count). The second-order valence-corrected chi connectivity index (χ2v) is 6.64. The molecular formula is C20H33NO2. The van der Waals surface area contributed by atoms with E-state index >= 15 is 0 Å². The maximum Gasteiger partial charge on any atom is 0.140 e. The van der Waals surface area contributed by atoms with Crippen LogP contribution in [-0.2, 0) is 11.2 Å². The normalized spacial score (nSPS) is 12.4. The topological polar surface area (TPSA) is 38.3 Å². The van der Waals surface area contributed by atoms with Crippen molar-refractivity contribution in [3.8, 4) is 5.75 Å². The van der Waals surface area contributed by atoms with Crippen molar-refractivity contribution in [2.24, 2.45) is 5.92 Å². The molecular weight excluding hydrogens is 286 g/mol. The fraction of sp³-hybridized carbons (Fsp3) is 0.650. The number of Topliss-reactive ketones (excluding diaryl/α,β-unsaturated/α-hetero) is 1. The summed E-state index contributed by atoms with van der Waals surface area (Å²) in [5.41, 5.74) is 1.07. The zero-order valence-electron chi connectivity index (χ0n) is 15.2. The Kier molecular flexibility index (Phi) is 9.61. The molecule has 0 aliphatic rings. The molecule has 130 valence electrons. The highest BCUT2D eigenvalue weighted by atomic mass is 16.5. The molecule has 0 aromatic heterocycles. The molecule has 23 heavy (non-hydrogen) atoms. The molecule has 1 N–H and O–H groups in total. The average Bonchev–Trinajstić information content (AvgIpc) is 2.53. The number of unbranched alkanes of at least 4 members (excludes halogenated alkanes) is 2. The van der Waals surface area contributed by atoms with Gasteiger partial charge in [0.1, 0.15) is 18.1 Å². The van der Waals surface area contributed by atoms with Crippen LogP contribution in [-0.4, -0.2) is 25.0 Å². The van der Waals surface area contributed by atoms with Gasteiger partial charge in [-0.3, -0.25) is 4.79 Å². The predicted molar refractivity (Wildman–Crippen MR) is 97.1 cm³/mol. The van der Waals surface area contributed by atoms with Crippen LogP contribution >= 0.6 is 0 Å². The summed E-state index contributed by atoms with van der Waals surface area (Å²) < 4.78 is 5.68. The Hall–Kier alpha value is -1.35. The van der Waals surface area contributed by atoms with E-state index in [2.05, 4.69) is 33.0 Å². The lowest BCUT2D eigenvalue weighted by Crippen LogP contribution is -2.27. The van der Waals surface area contributed by atoms with E-state index in [-0.39, 0.29) is 5.92 Å². The van der Waals surface area contributed by atoms with E-state index in [1.165, 1.54) is 12.8 Å². The van der Waals surface area contributed by atoms with E-state index in [4.69, 9.17) is 4.74 Å². The third kappa shape index (κ3) is 8.75. The number of ether oxygens (including phenoxy) is 1. The Labute approximate surface area is 141 Å². The van der Waals surface area contributed by atoms with Gasteiger partial charge in [-0.25, -0.2) is 0 Å². The molecule has 0 fully saturated rings. The number of rotatable bonds is 12. The minimum atomic E-state index is 0.166. The fourth-order valence-electron chi connectivity index (χ4n) is 2.46. The van der Waals surface area contributed by atoms with Crippen molar-refractivity contribution in [1.29, 1.82) is 0 Å². The van der Waals surface area contributed by atoms with Crippen molar-refractivity contribution in [2.75, 3.05) is 13.2 Å². The van der Waals surface area contributed by atoms with Gasteiger partial charge in [-0.1, -0.05) is 59.1 Å². The van der Waals surface area contributed by atoms with Gasteiger partial charge in [0.05, 0.1) is 0 Å². The number of carbonyl (C=O) groups excluding carboxylic acids is 1. The number of hydrogen-bond acceptors (Lipinski definition) is 3. The van der Waals surface area contributed by atoms with E-state index in [1.807, 2.05) is 24.3 Å². The lowest BCUT2D eigenvalue weighted by Gasteiger charge is -2.11. The maximum atomic E-state index is 12.2. The number of hydrogen-bond donors (Lipinski definition) is 1. The molecule has 3 heteroatoms. The molecule has 1 atom stereocenters. The van der Waals surface area contributed by atoms with Gasteiger partial charge >= 0.3 is 0 Å². The van der Waals surface area contributed by atoms with E-state index in [9.17, 15) is 4.79 Å². The minimum absolute atomic E-state index is 0.166. The molecule has 0 saturated heterocycles. The highest BCUT2D eigenvalue weighted by Crippen LogP contribution is 2.16. The summed E-state index contributed by atoms with van der Waals surface area (Å²) in [5, 5.41) is 3.32. The third-order valence-electron chi connectivity index (χ3n) is 4.02. The summed E-state index contributed by atoms with van der Waals surface area (Å²) in [7, 11) is 0. The molecule has 0 heterocycles. The monoisotopic (exact) mass is 319 g/mol. The standard InChI is InChI=1S/C20H33NO2/c1-5-6-7-8-17(4)20(22)15-18-9-11-19(12-10-18)23-14-13-21-16(2)3/h9-12,16-17,21H,5-8,13-15H2,1-4H3. The van der Waals surface area contributed by atoms with Gasteiger partial charge in [0.15, 0.2) is 0 Å². The van der Waals surface area contributed by atoms with Crippen LogP contribution in [0.5, 0.6) is 5.75 Å². The van der Waals surface area contributed by atoms with Crippen LogP contribution in [0, 0.1) is 5.92 Å². The summed E-state index contributed by atoms with van der Waals surface area (Å²) in [6.45, 7) is 9.98. The number of carbonyl (C=O) groups is 1. The van der Waals surface area contributed by atoms with Crippen molar-refractivity contribution in [3.05, 3.63) is 29.8 Å². The van der Waals surface area contributed by atoms with E-state index in [0.717, 1.165) is 30.7 Å². The zero-order valence-corrected chi connectivity index (χ0v) is 15.2. The number of nitrogens with one attached hydrogen (secondary N) is 1. The molecule has 0 saturated carbocycles. The van der Waals surface area contributed by atoms with Crippen molar-refractivity contribution < 1.29 is 9.53 Å². The Morgan fingerprint density at radius 2 is 1.83 bits per heavy atom. The summed E-state index contributed by atoms with van der Waals surface area (Å²) in [5.74, 6) is 1.37. The van der Waals surface area contributed by atoms with Crippen molar-refractivity contribution in [2.45, 2.75) is 65.8 Å². The van der Waals surface area contributed by atoms with Crippen LogP contribution in [0.25, 0.3) is 0 Å². The second-order valence-electron chi connectivity index (χ2n) is 6.64. The largest absolute Gasteiger partial charge is 0.492 e. The lowest BCUT2D eigenvalue weighted by atomic mass is 9.94. The van der Waals surface area contributed by atoms with Gasteiger partial charge in [0.25, 0.3) is 0 Å². The molecule has 1 unspecified atom stereocenters. The molecule has 0 amide bonds. The van der Waals surface area contributed by atoms with Crippen LogP contribution in [0.2, 0.25) is 0 Å². The molecule has 0 aliphatic carbocycles. The van der Waals surface area contributed by atoms with Gasteiger partial charge in [-0.15, -0.1) is 0 Å². The van der Waals surface area contributed by atoms with E-state index in [1.54, 1.807) is 0 Å². The highest BCUT2D eigenvalue weighted by molar-refractivity contribution is 5.82. The smallest absolute Gasteiger partial charge is 0.140 e. The molecule has 0 spiro atoms. The Bertz CT molecular complexity index is 439. The summed E-state index contributed by atoms with van der Waals surface area (Å²) in [6, 6.07) is 8.40. The number of ketones is 1. The highest BCUT2D eigenvalue weighted by Gasteiger charge is 2.13. The zero-order chi connectivity index (χ0) is 17.1. The van der Waals surface area contributed by atoms with Gasteiger partial charge < -0.3 is 10.1 Å². The average molecular weight is 319 g/mol. The van der Waals surface area contributed by atoms with E-state index < -0.39 is 0 Å². The van der Waals surface area contributed by atoms with Crippen LogP contribution in [0.4, 0.5) is 0 Å². The third-order valence-corrected chi connectivity index (χ3v) is 4.02. The van der Waals surface area contributed by atoms with Crippen LogP contribution in [0.1, 0.15) is 58.9 Å². The van der Waals surface area contributed by atoms with Crippen LogP contribution in [0.15, 0.2) is 24.3 Å². The Balaban J connectivity index is 2.34. The first-order valence-electron chi connectivity index (χ1n) is 9.00. The molecule has 0 radical (unpaired) electrons. The van der Waals surface area contributed by atoms with Gasteiger partial charge in [0, 0.05) is 24.9 Å². The van der Waals surface area contributed by atoms with Crippen molar-refractivity contribution in [3.63, 3.8) is 0 Å². The van der Waals surface area contributed by atoms with Crippen molar-refractivity contribution >= 4 is 5.78 Å². The Morgan fingerprint density at radius 1 is 1.13 bits per heavy atom. The second kappa shape index (κ2) is 11.2. The lowest BCUT2D eigenvalue weighted by molar-refractivity contribution is -0.121. The van der Waals surface area contributed by atoms with Gasteiger partial charge in [0.2, 0.25) is 0 Å². The first-order valence-corrected chi connectivity index (χ1v) is 9.00.